The molecule has 0 spiro atoms. The van der Waals surface area contributed by atoms with Crippen molar-refractivity contribution in [1.29, 1.82) is 5.26 Å². The first-order chi connectivity index (χ1) is 9.45. The van der Waals surface area contributed by atoms with Crippen molar-refractivity contribution in [2.45, 2.75) is 32.4 Å². The number of rotatable bonds is 7. The Labute approximate surface area is 126 Å². The molecule has 1 aromatic carbocycles. The van der Waals surface area contributed by atoms with Crippen molar-refractivity contribution in [3.05, 3.63) is 32.8 Å². The van der Waals surface area contributed by atoms with Crippen LogP contribution in [0.4, 0.5) is 5.69 Å². The minimum atomic E-state index is -0.492. The van der Waals surface area contributed by atoms with Crippen LogP contribution in [0.1, 0.15) is 20.3 Å². The molecule has 1 N–H and O–H groups in total. The minimum absolute atomic E-state index is 0.0929. The molecule has 0 heterocycles. The van der Waals surface area contributed by atoms with Gasteiger partial charge in [-0.05, 0) is 35.8 Å². The first kappa shape index (κ1) is 16.4. The summed E-state index contributed by atoms with van der Waals surface area (Å²) in [4.78, 5) is 10.4. The predicted molar refractivity (Wildman–Crippen MR) is 78.6 cm³/mol. The van der Waals surface area contributed by atoms with Gasteiger partial charge in [0.15, 0.2) is 0 Å². The third-order valence-electron chi connectivity index (χ3n) is 2.49. The molecule has 0 aliphatic rings. The van der Waals surface area contributed by atoms with Crippen molar-refractivity contribution in [3.63, 3.8) is 0 Å². The van der Waals surface area contributed by atoms with Crippen molar-refractivity contribution in [2.24, 2.45) is 0 Å². The molecule has 0 fully saturated rings. The first-order valence-corrected chi connectivity index (χ1v) is 6.96. The number of halogens is 1. The molecule has 0 saturated carbocycles. The lowest BCUT2D eigenvalue weighted by molar-refractivity contribution is -0.386. The number of hydrogen-bond donors (Lipinski definition) is 1. The zero-order valence-corrected chi connectivity index (χ0v) is 12.9. The summed E-state index contributed by atoms with van der Waals surface area (Å²) >= 11 is 3.23. The van der Waals surface area contributed by atoms with Gasteiger partial charge in [0.05, 0.1) is 28.1 Å². The molecule has 1 atom stereocenters. The Hall–Kier alpha value is -1.65. The smallest absolute Gasteiger partial charge is 0.312 e. The Bertz CT molecular complexity index is 514. The number of para-hydroxylation sites is 1. The Kier molecular flexibility index (Phi) is 6.42. The predicted octanol–water partition coefficient (Wildman–Crippen LogP) is 3.02. The molecule has 1 unspecified atom stereocenters. The molecule has 6 nitrogen and oxygen atoms in total. The molecule has 0 aromatic heterocycles. The van der Waals surface area contributed by atoms with Crippen LogP contribution in [0.3, 0.4) is 0 Å². The highest BCUT2D eigenvalue weighted by Crippen LogP contribution is 2.34. The normalized spacial score (nSPS) is 11.9. The highest BCUT2D eigenvalue weighted by atomic mass is 79.9. The third kappa shape index (κ3) is 4.79. The van der Waals surface area contributed by atoms with E-state index in [4.69, 9.17) is 10.00 Å². The molecular weight excluding hydrogens is 326 g/mol. The van der Waals surface area contributed by atoms with Crippen LogP contribution in [0.5, 0.6) is 5.75 Å². The van der Waals surface area contributed by atoms with E-state index in [1.165, 1.54) is 6.07 Å². The van der Waals surface area contributed by atoms with Gasteiger partial charge in [-0.1, -0.05) is 6.07 Å². The molecule has 0 aliphatic heterocycles. The molecule has 0 saturated heterocycles. The molecule has 1 aromatic rings. The fourth-order valence-corrected chi connectivity index (χ4v) is 2.12. The Balaban J connectivity index is 2.66. The van der Waals surface area contributed by atoms with E-state index in [-0.39, 0.29) is 30.1 Å². The van der Waals surface area contributed by atoms with Crippen LogP contribution < -0.4 is 10.1 Å². The van der Waals surface area contributed by atoms with E-state index in [2.05, 4.69) is 27.3 Å². The van der Waals surface area contributed by atoms with Gasteiger partial charge in [0.2, 0.25) is 5.75 Å². The van der Waals surface area contributed by atoms with Gasteiger partial charge in [0, 0.05) is 18.5 Å². The number of nitrogens with zero attached hydrogens (tertiary/aromatic N) is 2. The van der Waals surface area contributed by atoms with Crippen LogP contribution in [0.25, 0.3) is 0 Å². The summed E-state index contributed by atoms with van der Waals surface area (Å²) in [5.74, 6) is 0.193. The first-order valence-electron chi connectivity index (χ1n) is 6.17. The van der Waals surface area contributed by atoms with Gasteiger partial charge in [0.25, 0.3) is 0 Å². The van der Waals surface area contributed by atoms with Gasteiger partial charge >= 0.3 is 5.69 Å². The highest BCUT2D eigenvalue weighted by Gasteiger charge is 2.18. The van der Waals surface area contributed by atoms with Crippen molar-refractivity contribution in [3.8, 4) is 11.8 Å². The van der Waals surface area contributed by atoms with E-state index in [1.807, 2.05) is 13.8 Å². The lowest BCUT2D eigenvalue weighted by Gasteiger charge is -2.15. The van der Waals surface area contributed by atoms with E-state index in [1.54, 1.807) is 12.1 Å². The summed E-state index contributed by atoms with van der Waals surface area (Å²) < 4.78 is 5.99. The van der Waals surface area contributed by atoms with Gasteiger partial charge in [-0.3, -0.25) is 15.4 Å². The Morgan fingerprint density at radius 1 is 1.55 bits per heavy atom. The fourth-order valence-electron chi connectivity index (χ4n) is 1.65. The van der Waals surface area contributed by atoms with E-state index >= 15 is 0 Å². The Morgan fingerprint density at radius 2 is 2.25 bits per heavy atom. The molecule has 1 rings (SSSR count). The SMILES string of the molecule is CC(C)NC(C#N)CCOc1c(Br)cccc1[N+](=O)[O-]. The lowest BCUT2D eigenvalue weighted by atomic mass is 10.2. The maximum atomic E-state index is 10.9. The average molecular weight is 342 g/mol. The van der Waals surface area contributed by atoms with Crippen molar-refractivity contribution >= 4 is 21.6 Å². The van der Waals surface area contributed by atoms with Crippen LogP contribution in [0.15, 0.2) is 22.7 Å². The second kappa shape index (κ2) is 7.82. The zero-order valence-electron chi connectivity index (χ0n) is 11.3. The summed E-state index contributed by atoms with van der Waals surface area (Å²) in [5.41, 5.74) is -0.0929. The van der Waals surface area contributed by atoms with Gasteiger partial charge in [0.1, 0.15) is 0 Å². The van der Waals surface area contributed by atoms with Crippen LogP contribution >= 0.6 is 15.9 Å². The van der Waals surface area contributed by atoms with E-state index in [9.17, 15) is 10.1 Å². The van der Waals surface area contributed by atoms with Crippen LogP contribution in [-0.4, -0.2) is 23.6 Å². The molecule has 0 radical (unpaired) electrons. The molecular formula is C13H16BrN3O3. The van der Waals surface area contributed by atoms with E-state index in [0.717, 1.165) is 0 Å². The largest absolute Gasteiger partial charge is 0.486 e. The van der Waals surface area contributed by atoms with Crippen LogP contribution in [0.2, 0.25) is 0 Å². The van der Waals surface area contributed by atoms with Crippen molar-refractivity contribution < 1.29 is 9.66 Å². The topological polar surface area (TPSA) is 88.2 Å². The van der Waals surface area contributed by atoms with Crippen LogP contribution in [0, 0.1) is 21.4 Å². The van der Waals surface area contributed by atoms with E-state index < -0.39 is 4.92 Å². The zero-order chi connectivity index (χ0) is 15.1. The average Bonchev–Trinajstić information content (AvgIpc) is 2.38. The lowest BCUT2D eigenvalue weighted by Crippen LogP contribution is -2.34. The number of hydrogen-bond acceptors (Lipinski definition) is 5. The standard InChI is InChI=1S/C13H16BrN3O3/c1-9(2)16-10(8-15)6-7-20-13-11(14)4-3-5-12(13)17(18)19/h3-5,9-10,16H,6-7H2,1-2H3. The van der Waals surface area contributed by atoms with Crippen molar-refractivity contribution in [2.75, 3.05) is 6.61 Å². The maximum absolute atomic E-state index is 10.9. The molecule has 7 heteroatoms. The van der Waals surface area contributed by atoms with Crippen molar-refractivity contribution in [1.82, 2.24) is 5.32 Å². The highest BCUT2D eigenvalue weighted by molar-refractivity contribution is 9.10. The van der Waals surface area contributed by atoms with Gasteiger partial charge in [-0.15, -0.1) is 0 Å². The number of ether oxygens (including phenoxy) is 1. The molecule has 0 bridgehead atoms. The summed E-state index contributed by atoms with van der Waals surface area (Å²) in [6.45, 7) is 4.12. The summed E-state index contributed by atoms with van der Waals surface area (Å²) in [6.07, 6.45) is 0.452. The number of nitro groups is 1. The molecule has 108 valence electrons. The second-order valence-electron chi connectivity index (χ2n) is 4.49. The quantitative estimate of drug-likeness (QED) is 0.608. The Morgan fingerprint density at radius 3 is 2.80 bits per heavy atom. The third-order valence-corrected chi connectivity index (χ3v) is 3.11. The minimum Gasteiger partial charge on any atom is -0.486 e. The van der Waals surface area contributed by atoms with Gasteiger partial charge < -0.3 is 4.74 Å². The molecule has 0 amide bonds. The monoisotopic (exact) mass is 341 g/mol. The number of benzene rings is 1. The fraction of sp³-hybridized carbons (Fsp3) is 0.462. The number of nitriles is 1. The summed E-state index contributed by atoms with van der Waals surface area (Å²) in [5, 5.41) is 23.0. The second-order valence-corrected chi connectivity index (χ2v) is 5.34. The van der Waals surface area contributed by atoms with Gasteiger partial charge in [-0.2, -0.15) is 5.26 Å². The van der Waals surface area contributed by atoms with Crippen LogP contribution in [-0.2, 0) is 0 Å². The maximum Gasteiger partial charge on any atom is 0.312 e. The number of nitro benzene ring substituents is 1. The van der Waals surface area contributed by atoms with Gasteiger partial charge in [-0.25, -0.2) is 0 Å². The molecule has 20 heavy (non-hydrogen) atoms. The van der Waals surface area contributed by atoms with E-state index in [0.29, 0.717) is 10.9 Å². The number of nitrogens with one attached hydrogen (secondary N) is 1. The summed E-state index contributed by atoms with van der Waals surface area (Å²) in [7, 11) is 0. The molecule has 0 aliphatic carbocycles. The summed E-state index contributed by atoms with van der Waals surface area (Å²) in [6, 6.07) is 6.63.